The Labute approximate surface area is 193 Å². The van der Waals surface area contributed by atoms with Crippen molar-refractivity contribution in [3.8, 4) is 11.5 Å². The molecule has 1 aliphatic heterocycles. The summed E-state index contributed by atoms with van der Waals surface area (Å²) >= 11 is 3.47. The SMILES string of the molecule is Cc1ccc(S(=O)(=O)n2ncc3c(-c4nnc(CN5CCOCC5)o4)cc(Br)cc32)cc1. The molecule has 0 unspecified atom stereocenters. The van der Waals surface area contributed by atoms with Crippen LogP contribution in [0.3, 0.4) is 0 Å². The molecule has 32 heavy (non-hydrogen) atoms. The molecule has 0 N–H and O–H groups in total. The van der Waals surface area contributed by atoms with Gasteiger partial charge in [-0.15, -0.1) is 10.2 Å². The fourth-order valence-corrected chi connectivity index (χ4v) is 5.33. The lowest BCUT2D eigenvalue weighted by Gasteiger charge is -2.24. The normalized spacial score (nSPS) is 15.4. The molecule has 1 aliphatic rings. The number of fused-ring (bicyclic) bond motifs is 1. The monoisotopic (exact) mass is 517 g/mol. The number of hydrogen-bond acceptors (Lipinski definition) is 8. The molecular weight excluding hydrogens is 498 g/mol. The quantitative estimate of drug-likeness (QED) is 0.397. The van der Waals surface area contributed by atoms with Crippen LogP contribution in [0.1, 0.15) is 11.5 Å². The van der Waals surface area contributed by atoms with Crippen LogP contribution in [0.2, 0.25) is 0 Å². The molecular formula is C21H20BrN5O4S. The van der Waals surface area contributed by atoms with E-state index in [0.29, 0.717) is 52.5 Å². The van der Waals surface area contributed by atoms with E-state index in [2.05, 4.69) is 36.1 Å². The number of halogens is 1. The Kier molecular flexibility index (Phi) is 5.58. The average molecular weight is 518 g/mol. The summed E-state index contributed by atoms with van der Waals surface area (Å²) in [6.45, 7) is 5.42. The van der Waals surface area contributed by atoms with Crippen molar-refractivity contribution in [2.45, 2.75) is 18.4 Å². The zero-order valence-corrected chi connectivity index (χ0v) is 19.6. The number of ether oxygens (including phenoxy) is 1. The zero-order chi connectivity index (χ0) is 22.3. The third-order valence-electron chi connectivity index (χ3n) is 5.33. The first-order valence-electron chi connectivity index (χ1n) is 10.0. The van der Waals surface area contributed by atoms with Crippen molar-refractivity contribution in [1.29, 1.82) is 0 Å². The zero-order valence-electron chi connectivity index (χ0n) is 17.2. The van der Waals surface area contributed by atoms with Crippen LogP contribution < -0.4 is 0 Å². The second kappa shape index (κ2) is 8.39. The lowest BCUT2D eigenvalue weighted by Crippen LogP contribution is -2.35. The summed E-state index contributed by atoms with van der Waals surface area (Å²) in [7, 11) is -3.87. The Bertz CT molecular complexity index is 1380. The van der Waals surface area contributed by atoms with Crippen LogP contribution in [-0.4, -0.2) is 59.0 Å². The second-order valence-corrected chi connectivity index (χ2v) is 10.3. The van der Waals surface area contributed by atoms with Gasteiger partial charge >= 0.3 is 0 Å². The van der Waals surface area contributed by atoms with E-state index in [9.17, 15) is 8.42 Å². The first-order valence-corrected chi connectivity index (χ1v) is 12.3. The molecule has 2 aromatic carbocycles. The van der Waals surface area contributed by atoms with Crippen LogP contribution in [0, 0.1) is 6.92 Å². The Balaban J connectivity index is 1.53. The van der Waals surface area contributed by atoms with E-state index < -0.39 is 10.0 Å². The summed E-state index contributed by atoms with van der Waals surface area (Å²) in [5.74, 6) is 0.807. The molecule has 1 saturated heterocycles. The Hall–Kier alpha value is -2.60. The van der Waals surface area contributed by atoms with E-state index in [0.717, 1.165) is 22.7 Å². The van der Waals surface area contributed by atoms with Crippen LogP contribution in [0.5, 0.6) is 0 Å². The van der Waals surface area contributed by atoms with Gasteiger partial charge in [-0.2, -0.15) is 17.6 Å². The van der Waals surface area contributed by atoms with Crippen LogP contribution >= 0.6 is 15.9 Å². The molecule has 0 bridgehead atoms. The van der Waals surface area contributed by atoms with Gasteiger partial charge < -0.3 is 9.15 Å². The van der Waals surface area contributed by atoms with E-state index >= 15 is 0 Å². The summed E-state index contributed by atoms with van der Waals surface area (Å²) in [5.41, 5.74) is 2.01. The minimum atomic E-state index is -3.87. The van der Waals surface area contributed by atoms with Crippen LogP contribution in [0.15, 0.2) is 56.4 Å². The van der Waals surface area contributed by atoms with E-state index in [4.69, 9.17) is 9.15 Å². The van der Waals surface area contributed by atoms with Crippen molar-refractivity contribution in [2.75, 3.05) is 26.3 Å². The lowest BCUT2D eigenvalue weighted by atomic mass is 10.1. The Morgan fingerprint density at radius 2 is 1.84 bits per heavy atom. The van der Waals surface area contributed by atoms with Gasteiger partial charge in [0.15, 0.2) is 0 Å². The lowest BCUT2D eigenvalue weighted by molar-refractivity contribution is 0.0306. The van der Waals surface area contributed by atoms with Crippen molar-refractivity contribution < 1.29 is 17.6 Å². The minimum absolute atomic E-state index is 0.167. The van der Waals surface area contributed by atoms with Crippen LogP contribution in [-0.2, 0) is 21.3 Å². The fraction of sp³-hybridized carbons (Fsp3) is 0.286. The van der Waals surface area contributed by atoms with E-state index in [-0.39, 0.29) is 4.90 Å². The van der Waals surface area contributed by atoms with E-state index in [1.165, 1.54) is 6.20 Å². The smallest absolute Gasteiger partial charge is 0.283 e. The number of benzene rings is 2. The van der Waals surface area contributed by atoms with Gasteiger partial charge in [-0.25, -0.2) is 0 Å². The predicted octanol–water partition coefficient (Wildman–Crippen LogP) is 3.23. The first kappa shape index (κ1) is 21.3. The molecule has 0 saturated carbocycles. The number of morpholine rings is 1. The molecule has 0 atom stereocenters. The molecule has 0 radical (unpaired) electrons. The van der Waals surface area contributed by atoms with E-state index in [1.807, 2.05) is 13.0 Å². The predicted molar refractivity (Wildman–Crippen MR) is 121 cm³/mol. The standard InChI is InChI=1S/C21H20BrN5O4S/c1-14-2-4-16(5-3-14)32(28,29)27-19-11-15(22)10-17(18(19)12-23-27)21-25-24-20(31-21)13-26-6-8-30-9-7-26/h2-5,10-12H,6-9,13H2,1H3. The highest BCUT2D eigenvalue weighted by atomic mass is 79.9. The van der Waals surface area contributed by atoms with E-state index in [1.54, 1.807) is 30.3 Å². The maximum atomic E-state index is 13.2. The molecule has 0 amide bonds. The molecule has 1 fully saturated rings. The van der Waals surface area contributed by atoms with Gasteiger partial charge in [0, 0.05) is 22.9 Å². The fourth-order valence-electron chi connectivity index (χ4n) is 3.63. The van der Waals surface area contributed by atoms with Crippen molar-refractivity contribution >= 4 is 36.9 Å². The number of aromatic nitrogens is 4. The molecule has 0 aliphatic carbocycles. The summed E-state index contributed by atoms with van der Waals surface area (Å²) in [5, 5.41) is 13.2. The van der Waals surface area contributed by atoms with Gasteiger partial charge in [-0.3, -0.25) is 4.90 Å². The van der Waals surface area contributed by atoms with Crippen LogP contribution in [0.4, 0.5) is 0 Å². The van der Waals surface area contributed by atoms with Crippen molar-refractivity contribution in [1.82, 2.24) is 24.3 Å². The van der Waals surface area contributed by atoms with Gasteiger partial charge in [0.1, 0.15) is 0 Å². The average Bonchev–Trinajstić information content (AvgIpc) is 3.42. The number of nitrogens with zero attached hydrogens (tertiary/aromatic N) is 5. The van der Waals surface area contributed by atoms with Crippen LogP contribution in [0.25, 0.3) is 22.4 Å². The summed E-state index contributed by atoms with van der Waals surface area (Å²) in [6, 6.07) is 10.2. The molecule has 4 aromatic rings. The number of rotatable bonds is 5. The molecule has 0 spiro atoms. The maximum Gasteiger partial charge on any atom is 0.283 e. The third-order valence-corrected chi connectivity index (χ3v) is 7.40. The topological polar surface area (TPSA) is 103 Å². The molecule has 2 aromatic heterocycles. The van der Waals surface area contributed by atoms with Gasteiger partial charge in [0.05, 0.1) is 41.9 Å². The summed E-state index contributed by atoms with van der Waals surface area (Å²) in [6.07, 6.45) is 1.51. The number of aryl methyl sites for hydroxylation is 1. The highest BCUT2D eigenvalue weighted by Gasteiger charge is 2.24. The highest BCUT2D eigenvalue weighted by molar-refractivity contribution is 9.10. The van der Waals surface area contributed by atoms with Gasteiger partial charge in [0.2, 0.25) is 11.8 Å². The van der Waals surface area contributed by atoms with Crippen molar-refractivity contribution in [2.24, 2.45) is 0 Å². The maximum absolute atomic E-state index is 13.2. The molecule has 11 heteroatoms. The minimum Gasteiger partial charge on any atom is -0.419 e. The summed E-state index contributed by atoms with van der Waals surface area (Å²) < 4.78 is 39.4. The Morgan fingerprint density at radius 3 is 2.59 bits per heavy atom. The van der Waals surface area contributed by atoms with Gasteiger partial charge in [-0.1, -0.05) is 33.6 Å². The van der Waals surface area contributed by atoms with Gasteiger partial charge in [0.25, 0.3) is 10.0 Å². The van der Waals surface area contributed by atoms with Crippen molar-refractivity contribution in [3.63, 3.8) is 0 Å². The van der Waals surface area contributed by atoms with Crippen molar-refractivity contribution in [3.05, 3.63) is 58.5 Å². The molecule has 9 nitrogen and oxygen atoms in total. The number of hydrogen-bond donors (Lipinski definition) is 0. The summed E-state index contributed by atoms with van der Waals surface area (Å²) in [4.78, 5) is 2.35. The Morgan fingerprint density at radius 1 is 1.09 bits per heavy atom. The molecule has 3 heterocycles. The molecule has 166 valence electrons. The van der Waals surface area contributed by atoms with Gasteiger partial charge in [-0.05, 0) is 31.2 Å². The third kappa shape index (κ3) is 3.96. The first-order chi connectivity index (χ1) is 15.4. The molecule has 5 rings (SSSR count). The highest BCUT2D eigenvalue weighted by Crippen LogP contribution is 2.33. The second-order valence-electron chi connectivity index (χ2n) is 7.58. The largest absolute Gasteiger partial charge is 0.419 e.